The number of nitrogens with zero attached hydrogens (tertiary/aromatic N) is 5. The zero-order valence-corrected chi connectivity index (χ0v) is 23.2. The van der Waals surface area contributed by atoms with Crippen LogP contribution in [0, 0.1) is 5.82 Å². The maximum absolute atomic E-state index is 14.4. The Balaban J connectivity index is 1.31. The Bertz CT molecular complexity index is 1870. The summed E-state index contributed by atoms with van der Waals surface area (Å²) in [4.78, 5) is 52.7. The van der Waals surface area contributed by atoms with Gasteiger partial charge in [0.1, 0.15) is 5.82 Å². The largest absolute Gasteiger partial charge is 0.339 e. The Hall–Kier alpha value is -4.51. The number of piperidine rings is 1. The number of benzene rings is 2. The number of amides is 1. The minimum Gasteiger partial charge on any atom is -0.339 e. The number of carbonyl (C=O) groups excluding carboxylic acids is 1. The molecule has 1 amide bonds. The van der Waals surface area contributed by atoms with E-state index in [4.69, 9.17) is 0 Å². The summed E-state index contributed by atoms with van der Waals surface area (Å²) in [6.07, 6.45) is 4.79. The van der Waals surface area contributed by atoms with Gasteiger partial charge < -0.3 is 14.9 Å². The Morgan fingerprint density at radius 1 is 1.05 bits per heavy atom. The number of hydrogen-bond donors (Lipinski definition) is 2. The molecule has 0 atom stereocenters. The molecule has 10 nitrogen and oxygen atoms in total. The van der Waals surface area contributed by atoms with Crippen molar-refractivity contribution in [3.63, 3.8) is 0 Å². The van der Waals surface area contributed by atoms with Crippen LogP contribution in [0.2, 0.25) is 0 Å². The molecule has 41 heavy (non-hydrogen) atoms. The number of halogens is 1. The lowest BCUT2D eigenvalue weighted by Gasteiger charge is -2.32. The van der Waals surface area contributed by atoms with Gasteiger partial charge in [-0.25, -0.2) is 14.0 Å². The molecule has 2 aromatic carbocycles. The quantitative estimate of drug-likeness (QED) is 0.330. The normalized spacial score (nSPS) is 14.9. The number of H-pyrrole nitrogens is 2. The van der Waals surface area contributed by atoms with E-state index in [2.05, 4.69) is 19.9 Å². The Morgan fingerprint density at radius 3 is 2.56 bits per heavy atom. The maximum Gasteiger partial charge on any atom is 0.334 e. The molecule has 0 aliphatic carbocycles. The molecule has 0 saturated carbocycles. The van der Waals surface area contributed by atoms with Crippen LogP contribution in [0.4, 0.5) is 4.39 Å². The third kappa shape index (κ3) is 4.86. The van der Waals surface area contributed by atoms with Gasteiger partial charge >= 0.3 is 11.4 Å². The number of nitrogens with one attached hydrogen (secondary N) is 2. The molecular weight excluding hydrogens is 525 g/mol. The number of aromatic nitrogens is 5. The molecule has 0 unspecified atom stereocenters. The fourth-order valence-corrected chi connectivity index (χ4v) is 5.73. The summed E-state index contributed by atoms with van der Waals surface area (Å²) < 4.78 is 17.7. The number of hydrogen-bond acceptors (Lipinski definition) is 5. The van der Waals surface area contributed by atoms with Crippen molar-refractivity contribution < 1.29 is 9.18 Å². The highest BCUT2D eigenvalue weighted by molar-refractivity contribution is 5.98. The molecular formula is C30H32FN7O3. The maximum atomic E-state index is 14.4. The van der Waals surface area contributed by atoms with E-state index < -0.39 is 5.82 Å². The standard InChI is InChI=1S/C30H32FN7O3/c1-18(2)35(3)28(39)22-15-20(31)5-7-25(22)38-27-16-32-11-8-26(27)37(30(38)41)21-9-12-36(13-10-21)17-19-4-6-23-24(14-19)34-29(40)33-23/h4-8,11,14-16,18,21H,9-10,12-13,17H2,1-3H3,(H2,33,34,40). The summed E-state index contributed by atoms with van der Waals surface area (Å²) in [7, 11) is 1.67. The van der Waals surface area contributed by atoms with Gasteiger partial charge in [0.2, 0.25) is 0 Å². The van der Waals surface area contributed by atoms with Crippen molar-refractivity contribution in [2.24, 2.45) is 0 Å². The monoisotopic (exact) mass is 557 g/mol. The van der Waals surface area contributed by atoms with Crippen molar-refractivity contribution in [1.82, 2.24) is 33.9 Å². The molecule has 5 aromatic rings. The van der Waals surface area contributed by atoms with Crippen molar-refractivity contribution in [2.75, 3.05) is 20.1 Å². The third-order valence-corrected chi connectivity index (χ3v) is 8.11. The molecule has 212 valence electrons. The molecule has 1 fully saturated rings. The first-order chi connectivity index (χ1) is 19.7. The number of likely N-dealkylation sites (tertiary alicyclic amines) is 1. The predicted molar refractivity (Wildman–Crippen MR) is 155 cm³/mol. The van der Waals surface area contributed by atoms with E-state index in [1.165, 1.54) is 27.7 Å². The fraction of sp³-hybridized carbons (Fsp3) is 0.333. The van der Waals surface area contributed by atoms with Crippen LogP contribution in [0.1, 0.15) is 48.7 Å². The number of imidazole rings is 2. The van der Waals surface area contributed by atoms with Crippen LogP contribution in [0.15, 0.2) is 64.4 Å². The average Bonchev–Trinajstić information content (AvgIpc) is 3.48. The Labute approximate surface area is 235 Å². The van der Waals surface area contributed by atoms with Crippen LogP contribution < -0.4 is 11.4 Å². The van der Waals surface area contributed by atoms with Crippen LogP contribution in [0.3, 0.4) is 0 Å². The number of carbonyl (C=O) groups is 1. The summed E-state index contributed by atoms with van der Waals surface area (Å²) in [5.74, 6) is -0.903. The topological polar surface area (TPSA) is 112 Å². The van der Waals surface area contributed by atoms with Gasteiger partial charge in [0.15, 0.2) is 0 Å². The van der Waals surface area contributed by atoms with Crippen molar-refractivity contribution in [2.45, 2.75) is 45.3 Å². The number of aromatic amines is 2. The summed E-state index contributed by atoms with van der Waals surface area (Å²) in [6.45, 7) is 6.07. The van der Waals surface area contributed by atoms with E-state index in [0.29, 0.717) is 11.2 Å². The van der Waals surface area contributed by atoms with Crippen molar-refractivity contribution >= 4 is 28.0 Å². The lowest BCUT2D eigenvalue weighted by Crippen LogP contribution is -2.38. The number of fused-ring (bicyclic) bond motifs is 2. The van der Waals surface area contributed by atoms with E-state index in [-0.39, 0.29) is 34.9 Å². The molecule has 11 heteroatoms. The molecule has 4 heterocycles. The van der Waals surface area contributed by atoms with E-state index in [0.717, 1.165) is 54.6 Å². The Kier molecular flexibility index (Phi) is 6.82. The second kappa shape index (κ2) is 10.5. The fourth-order valence-electron chi connectivity index (χ4n) is 5.73. The first-order valence-corrected chi connectivity index (χ1v) is 13.8. The molecule has 2 N–H and O–H groups in total. The molecule has 0 bridgehead atoms. The van der Waals surface area contributed by atoms with Gasteiger partial charge in [0.25, 0.3) is 5.91 Å². The third-order valence-electron chi connectivity index (χ3n) is 8.11. The van der Waals surface area contributed by atoms with E-state index in [1.807, 2.05) is 38.1 Å². The van der Waals surface area contributed by atoms with Crippen LogP contribution in [-0.4, -0.2) is 66.0 Å². The molecule has 0 radical (unpaired) electrons. The molecule has 3 aromatic heterocycles. The van der Waals surface area contributed by atoms with Crippen LogP contribution >= 0.6 is 0 Å². The average molecular weight is 558 g/mol. The van der Waals surface area contributed by atoms with Crippen LogP contribution in [0.5, 0.6) is 0 Å². The van der Waals surface area contributed by atoms with Gasteiger partial charge in [-0.3, -0.25) is 23.8 Å². The van der Waals surface area contributed by atoms with Crippen LogP contribution in [-0.2, 0) is 6.54 Å². The van der Waals surface area contributed by atoms with E-state index in [1.54, 1.807) is 24.0 Å². The Morgan fingerprint density at radius 2 is 1.80 bits per heavy atom. The number of rotatable bonds is 6. The summed E-state index contributed by atoms with van der Waals surface area (Å²) >= 11 is 0. The van der Waals surface area contributed by atoms with Gasteiger partial charge in [-0.2, -0.15) is 0 Å². The first-order valence-electron chi connectivity index (χ1n) is 13.8. The predicted octanol–water partition coefficient (Wildman–Crippen LogP) is 3.81. The highest BCUT2D eigenvalue weighted by Crippen LogP contribution is 2.29. The van der Waals surface area contributed by atoms with Crippen molar-refractivity contribution in [3.8, 4) is 5.69 Å². The SMILES string of the molecule is CC(C)N(C)C(=O)c1cc(F)ccc1-n1c(=O)n(C2CCN(Cc3ccc4[nH]c(=O)[nH]c4c3)CC2)c2ccncc21. The second-order valence-electron chi connectivity index (χ2n) is 11.0. The van der Waals surface area contributed by atoms with Gasteiger partial charge in [-0.15, -0.1) is 0 Å². The molecule has 1 aliphatic rings. The molecule has 6 rings (SSSR count). The summed E-state index contributed by atoms with van der Waals surface area (Å²) in [6, 6.07) is 11.5. The van der Waals surface area contributed by atoms with Crippen LogP contribution in [0.25, 0.3) is 27.8 Å². The minimum atomic E-state index is -0.543. The highest BCUT2D eigenvalue weighted by atomic mass is 19.1. The lowest BCUT2D eigenvalue weighted by atomic mass is 10.0. The zero-order chi connectivity index (χ0) is 28.8. The smallest absolute Gasteiger partial charge is 0.334 e. The molecule has 0 spiro atoms. The molecule has 1 aliphatic heterocycles. The van der Waals surface area contributed by atoms with E-state index in [9.17, 15) is 18.8 Å². The van der Waals surface area contributed by atoms with Gasteiger partial charge in [-0.1, -0.05) is 6.07 Å². The summed E-state index contributed by atoms with van der Waals surface area (Å²) in [5.41, 5.74) is 3.93. The summed E-state index contributed by atoms with van der Waals surface area (Å²) in [5, 5.41) is 0. The zero-order valence-electron chi connectivity index (χ0n) is 23.2. The van der Waals surface area contributed by atoms with Gasteiger partial charge in [0.05, 0.1) is 39.5 Å². The highest BCUT2D eigenvalue weighted by Gasteiger charge is 2.28. The van der Waals surface area contributed by atoms with E-state index >= 15 is 0 Å². The van der Waals surface area contributed by atoms with Crippen molar-refractivity contribution in [1.29, 1.82) is 0 Å². The van der Waals surface area contributed by atoms with Gasteiger partial charge in [-0.05, 0) is 68.7 Å². The van der Waals surface area contributed by atoms with Crippen molar-refractivity contribution in [3.05, 3.63) is 92.8 Å². The lowest BCUT2D eigenvalue weighted by molar-refractivity contribution is 0.0754. The first kappa shape index (κ1) is 26.7. The molecule has 1 saturated heterocycles. The second-order valence-corrected chi connectivity index (χ2v) is 11.0. The van der Waals surface area contributed by atoms with Gasteiger partial charge in [0, 0.05) is 45.0 Å². The minimum absolute atomic E-state index is 0.0497. The number of pyridine rings is 1.